The van der Waals surface area contributed by atoms with Gasteiger partial charge in [0.15, 0.2) is 23.2 Å². The molecule has 0 aliphatic carbocycles. The molecule has 3 aromatic rings. The third-order valence-electron chi connectivity index (χ3n) is 5.02. The van der Waals surface area contributed by atoms with E-state index in [0.717, 1.165) is 22.4 Å². The lowest BCUT2D eigenvalue weighted by Crippen LogP contribution is -2.24. The normalized spacial score (nSPS) is 10.5. The monoisotopic (exact) mass is 492 g/mol. The van der Waals surface area contributed by atoms with Crippen molar-refractivity contribution in [2.24, 2.45) is 5.10 Å². The van der Waals surface area contributed by atoms with Crippen molar-refractivity contribution in [3.63, 3.8) is 0 Å². The minimum Gasteiger partial charge on any atom is -0.497 e. The van der Waals surface area contributed by atoms with Crippen LogP contribution in [0.5, 0.6) is 17.2 Å². The molecule has 0 saturated heterocycles. The number of anilines is 2. The van der Waals surface area contributed by atoms with Crippen molar-refractivity contribution >= 4 is 40.8 Å². The highest BCUT2D eigenvalue weighted by atomic mass is 32.1. The van der Waals surface area contributed by atoms with Gasteiger partial charge in [-0.15, -0.1) is 0 Å². The lowest BCUT2D eigenvalue weighted by atomic mass is 10.1. The van der Waals surface area contributed by atoms with Crippen LogP contribution in [0.1, 0.15) is 16.7 Å². The number of aryl methyl sites for hydroxylation is 2. The molecule has 8 nitrogen and oxygen atoms in total. The molecule has 0 bridgehead atoms. The Hall–Kier alpha value is -4.11. The van der Waals surface area contributed by atoms with Crippen LogP contribution in [0.25, 0.3) is 0 Å². The maximum atomic E-state index is 12.2. The Balaban J connectivity index is 1.53. The maximum Gasteiger partial charge on any atom is 0.262 e. The van der Waals surface area contributed by atoms with E-state index in [0.29, 0.717) is 28.0 Å². The number of hydrogen-bond donors (Lipinski definition) is 3. The van der Waals surface area contributed by atoms with Crippen molar-refractivity contribution in [1.82, 2.24) is 5.43 Å². The summed E-state index contributed by atoms with van der Waals surface area (Å²) in [5.41, 5.74) is 7.37. The molecule has 0 fully saturated rings. The van der Waals surface area contributed by atoms with Gasteiger partial charge in [-0.1, -0.05) is 18.2 Å². The van der Waals surface area contributed by atoms with Crippen molar-refractivity contribution in [2.45, 2.75) is 13.8 Å². The number of ether oxygens (including phenoxy) is 3. The molecule has 35 heavy (non-hydrogen) atoms. The van der Waals surface area contributed by atoms with Crippen LogP contribution in [0, 0.1) is 13.8 Å². The molecule has 0 unspecified atom stereocenters. The maximum absolute atomic E-state index is 12.2. The molecule has 9 heteroatoms. The van der Waals surface area contributed by atoms with Crippen LogP contribution in [-0.4, -0.2) is 38.1 Å². The number of hydrogen-bond acceptors (Lipinski definition) is 6. The Morgan fingerprint density at radius 2 is 1.66 bits per heavy atom. The minimum absolute atomic E-state index is 0.171. The van der Waals surface area contributed by atoms with E-state index in [-0.39, 0.29) is 12.5 Å². The summed E-state index contributed by atoms with van der Waals surface area (Å²) in [6.07, 6.45) is 1.61. The summed E-state index contributed by atoms with van der Waals surface area (Å²) >= 11 is 5.33. The van der Waals surface area contributed by atoms with Crippen molar-refractivity contribution in [3.05, 3.63) is 77.4 Å². The van der Waals surface area contributed by atoms with Gasteiger partial charge in [0.1, 0.15) is 5.75 Å². The number of carbonyl (C=O) groups is 1. The lowest BCUT2D eigenvalue weighted by molar-refractivity contribution is -0.118. The van der Waals surface area contributed by atoms with Gasteiger partial charge in [0, 0.05) is 11.4 Å². The van der Waals surface area contributed by atoms with Crippen molar-refractivity contribution < 1.29 is 19.0 Å². The molecule has 0 heterocycles. The summed E-state index contributed by atoms with van der Waals surface area (Å²) in [6, 6.07) is 18.3. The second kappa shape index (κ2) is 12.4. The van der Waals surface area contributed by atoms with Crippen LogP contribution in [0.2, 0.25) is 0 Å². The molecule has 0 spiro atoms. The highest BCUT2D eigenvalue weighted by molar-refractivity contribution is 7.80. The van der Waals surface area contributed by atoms with Gasteiger partial charge in [0.25, 0.3) is 5.91 Å². The molecule has 0 saturated carbocycles. The fraction of sp³-hybridized carbons (Fsp3) is 0.192. The first kappa shape index (κ1) is 25.5. The van der Waals surface area contributed by atoms with E-state index in [1.165, 1.54) is 7.11 Å². The molecule has 0 radical (unpaired) electrons. The van der Waals surface area contributed by atoms with Gasteiger partial charge in [0.05, 0.1) is 20.4 Å². The van der Waals surface area contributed by atoms with Crippen LogP contribution < -0.4 is 30.3 Å². The van der Waals surface area contributed by atoms with E-state index < -0.39 is 0 Å². The molecule has 0 aliphatic rings. The van der Waals surface area contributed by atoms with Crippen LogP contribution in [0.4, 0.5) is 11.4 Å². The average Bonchev–Trinajstić information content (AvgIpc) is 2.86. The number of benzene rings is 3. The second-order valence-corrected chi connectivity index (χ2v) is 7.97. The van der Waals surface area contributed by atoms with Gasteiger partial charge in [0.2, 0.25) is 0 Å². The van der Waals surface area contributed by atoms with Crippen molar-refractivity contribution in [2.75, 3.05) is 31.5 Å². The van der Waals surface area contributed by atoms with Gasteiger partial charge in [-0.3, -0.25) is 10.2 Å². The predicted molar refractivity (Wildman–Crippen MR) is 143 cm³/mol. The Bertz CT molecular complexity index is 1190. The summed E-state index contributed by atoms with van der Waals surface area (Å²) < 4.78 is 16.2. The molecular weight excluding hydrogens is 464 g/mol. The summed E-state index contributed by atoms with van der Waals surface area (Å²) in [7, 11) is 3.12. The Morgan fingerprint density at radius 1 is 0.943 bits per heavy atom. The molecule has 3 N–H and O–H groups in total. The fourth-order valence-electron chi connectivity index (χ4n) is 3.22. The van der Waals surface area contributed by atoms with Gasteiger partial charge in [-0.2, -0.15) is 5.10 Å². The summed E-state index contributed by atoms with van der Waals surface area (Å²) in [4.78, 5) is 12.2. The first-order valence-electron chi connectivity index (χ1n) is 10.8. The predicted octanol–water partition coefficient (Wildman–Crippen LogP) is 4.66. The van der Waals surface area contributed by atoms with E-state index in [9.17, 15) is 4.79 Å². The Labute approximate surface area is 210 Å². The number of para-hydroxylation sites is 1. The molecular formula is C26H28N4O4S. The molecule has 3 rings (SSSR count). The minimum atomic E-state index is -0.294. The van der Waals surface area contributed by atoms with E-state index in [1.54, 1.807) is 55.8 Å². The first-order valence-corrected chi connectivity index (χ1v) is 11.2. The van der Waals surface area contributed by atoms with Crippen molar-refractivity contribution in [1.29, 1.82) is 0 Å². The Kier molecular flexibility index (Phi) is 9.02. The molecule has 1 amide bonds. The van der Waals surface area contributed by atoms with Gasteiger partial charge < -0.3 is 24.8 Å². The smallest absolute Gasteiger partial charge is 0.262 e. The molecule has 3 aromatic carbocycles. The number of nitrogens with zero attached hydrogens (tertiary/aromatic N) is 1. The first-order chi connectivity index (χ1) is 16.9. The zero-order chi connectivity index (χ0) is 25.2. The van der Waals surface area contributed by atoms with Gasteiger partial charge in [-0.25, -0.2) is 0 Å². The average molecular weight is 493 g/mol. The number of hydrazone groups is 1. The van der Waals surface area contributed by atoms with Gasteiger partial charge in [-0.05, 0) is 85.2 Å². The highest BCUT2D eigenvalue weighted by Gasteiger charge is 2.09. The summed E-state index contributed by atoms with van der Waals surface area (Å²) in [5.74, 6) is 1.33. The number of nitrogens with one attached hydrogen (secondary N) is 3. The summed E-state index contributed by atoms with van der Waals surface area (Å²) in [6.45, 7) is 3.86. The van der Waals surface area contributed by atoms with E-state index >= 15 is 0 Å². The molecule has 0 aromatic heterocycles. The standard InChI is InChI=1S/C26H28N4O4S/c1-17-6-5-7-18(2)25(17)29-26(35)30-27-15-19-8-13-22(23(14-19)33-4)34-16-24(31)28-20-9-11-21(32-3)12-10-20/h5-15H,16H2,1-4H3,(H,28,31)(H2,29,30,35). The fourth-order valence-corrected chi connectivity index (χ4v) is 3.37. The number of amides is 1. The largest absolute Gasteiger partial charge is 0.497 e. The zero-order valence-corrected chi connectivity index (χ0v) is 20.9. The molecule has 0 atom stereocenters. The quantitative estimate of drug-likeness (QED) is 0.227. The van der Waals surface area contributed by atoms with E-state index in [4.69, 9.17) is 26.4 Å². The number of carbonyl (C=O) groups excluding carboxylic acids is 1. The van der Waals surface area contributed by atoms with E-state index in [2.05, 4.69) is 21.2 Å². The highest BCUT2D eigenvalue weighted by Crippen LogP contribution is 2.27. The topological polar surface area (TPSA) is 93.2 Å². The van der Waals surface area contributed by atoms with Crippen molar-refractivity contribution in [3.8, 4) is 17.2 Å². The number of rotatable bonds is 9. The van der Waals surface area contributed by atoms with Crippen LogP contribution >= 0.6 is 12.2 Å². The third-order valence-corrected chi connectivity index (χ3v) is 5.21. The third kappa shape index (κ3) is 7.44. The second-order valence-electron chi connectivity index (χ2n) is 7.57. The van der Waals surface area contributed by atoms with Crippen LogP contribution in [0.3, 0.4) is 0 Å². The van der Waals surface area contributed by atoms with Crippen LogP contribution in [0.15, 0.2) is 65.8 Å². The Morgan fingerprint density at radius 3 is 2.31 bits per heavy atom. The number of methoxy groups -OCH3 is 2. The number of thiocarbonyl (C=S) groups is 1. The SMILES string of the molecule is COc1ccc(NC(=O)COc2ccc(C=NNC(=S)Nc3c(C)cccc3C)cc2OC)cc1. The lowest BCUT2D eigenvalue weighted by Gasteiger charge is -2.13. The summed E-state index contributed by atoms with van der Waals surface area (Å²) in [5, 5.41) is 10.5. The van der Waals surface area contributed by atoms with Crippen LogP contribution in [-0.2, 0) is 4.79 Å². The molecule has 182 valence electrons. The van der Waals surface area contributed by atoms with Gasteiger partial charge >= 0.3 is 0 Å². The molecule has 0 aliphatic heterocycles. The zero-order valence-electron chi connectivity index (χ0n) is 20.0. The van der Waals surface area contributed by atoms with E-state index in [1.807, 2.05) is 32.0 Å².